The fraction of sp³-hybridized carbons (Fsp3) is 0.250. The van der Waals surface area contributed by atoms with Crippen molar-refractivity contribution in [3.8, 4) is 11.5 Å². The van der Waals surface area contributed by atoms with E-state index in [0.29, 0.717) is 6.61 Å². The fourth-order valence-electron chi connectivity index (χ4n) is 1.93. The molecule has 0 aliphatic rings. The number of benzene rings is 2. The molecule has 0 bridgehead atoms. The third-order valence-electron chi connectivity index (χ3n) is 3.01. The average molecular weight is 415 g/mol. The van der Waals surface area contributed by atoms with Crippen molar-refractivity contribution in [2.24, 2.45) is 0 Å². The summed E-state index contributed by atoms with van der Waals surface area (Å²) in [6, 6.07) is 11.9. The van der Waals surface area contributed by atoms with Gasteiger partial charge in [0.25, 0.3) is 0 Å². The first-order valence-electron chi connectivity index (χ1n) is 6.52. The third kappa shape index (κ3) is 4.46. The summed E-state index contributed by atoms with van der Waals surface area (Å²) in [5.74, 6) is 1.68. The molecule has 0 aliphatic carbocycles. The molecule has 2 rings (SSSR count). The Morgan fingerprint density at radius 2 is 1.86 bits per heavy atom. The number of rotatable bonds is 6. The van der Waals surface area contributed by atoms with Gasteiger partial charge in [-0.05, 0) is 64.4 Å². The molecule has 0 amide bonds. The number of methoxy groups -OCH3 is 1. The van der Waals surface area contributed by atoms with Crippen molar-refractivity contribution in [3.05, 3.63) is 56.5 Å². The summed E-state index contributed by atoms with van der Waals surface area (Å²) in [6.45, 7) is 1.31. The molecule has 5 heteroatoms. The van der Waals surface area contributed by atoms with Gasteiger partial charge in [-0.15, -0.1) is 0 Å². The van der Waals surface area contributed by atoms with Crippen molar-refractivity contribution in [3.63, 3.8) is 0 Å². The number of hydrogen-bond acceptors (Lipinski definition) is 3. The zero-order valence-corrected chi connectivity index (χ0v) is 15.1. The first-order valence-corrected chi connectivity index (χ1v) is 8.11. The Bertz CT molecular complexity index is 617. The van der Waals surface area contributed by atoms with Crippen LogP contribution in [-0.4, -0.2) is 14.2 Å². The SMILES string of the molecule is CNCc1cc(OCc2ccc(OC)c(Br)c2)ccc1Br. The summed E-state index contributed by atoms with van der Waals surface area (Å²) in [4.78, 5) is 0. The summed E-state index contributed by atoms with van der Waals surface area (Å²) < 4.78 is 13.1. The molecule has 0 atom stereocenters. The molecule has 2 aromatic rings. The molecule has 0 heterocycles. The number of ether oxygens (including phenoxy) is 2. The molecule has 0 spiro atoms. The van der Waals surface area contributed by atoms with Gasteiger partial charge in [-0.3, -0.25) is 0 Å². The molecule has 112 valence electrons. The van der Waals surface area contributed by atoms with E-state index in [1.54, 1.807) is 7.11 Å². The van der Waals surface area contributed by atoms with Crippen LogP contribution in [0.2, 0.25) is 0 Å². The van der Waals surface area contributed by atoms with Gasteiger partial charge < -0.3 is 14.8 Å². The Morgan fingerprint density at radius 3 is 2.52 bits per heavy atom. The van der Waals surface area contributed by atoms with Gasteiger partial charge in [0.15, 0.2) is 0 Å². The summed E-state index contributed by atoms with van der Waals surface area (Å²) in [5, 5.41) is 3.14. The van der Waals surface area contributed by atoms with E-state index in [2.05, 4.69) is 37.2 Å². The molecule has 21 heavy (non-hydrogen) atoms. The van der Waals surface area contributed by atoms with E-state index >= 15 is 0 Å². The van der Waals surface area contributed by atoms with Crippen LogP contribution in [0.15, 0.2) is 45.3 Å². The second kappa shape index (κ2) is 7.82. The normalized spacial score (nSPS) is 10.5. The zero-order chi connectivity index (χ0) is 15.2. The highest BCUT2D eigenvalue weighted by Gasteiger charge is 2.04. The first-order chi connectivity index (χ1) is 10.1. The van der Waals surface area contributed by atoms with Gasteiger partial charge in [-0.1, -0.05) is 22.0 Å². The van der Waals surface area contributed by atoms with Crippen LogP contribution in [0.3, 0.4) is 0 Å². The molecular weight excluding hydrogens is 398 g/mol. The lowest BCUT2D eigenvalue weighted by molar-refractivity contribution is 0.305. The van der Waals surface area contributed by atoms with Gasteiger partial charge in [-0.25, -0.2) is 0 Å². The quantitative estimate of drug-likeness (QED) is 0.753. The molecule has 0 aromatic heterocycles. The first kappa shape index (κ1) is 16.3. The lowest BCUT2D eigenvalue weighted by Crippen LogP contribution is -2.06. The van der Waals surface area contributed by atoms with Crippen LogP contribution in [0.1, 0.15) is 11.1 Å². The molecule has 3 nitrogen and oxygen atoms in total. The number of halogens is 2. The Balaban J connectivity index is 2.06. The molecule has 0 aliphatic heterocycles. The van der Waals surface area contributed by atoms with Gasteiger partial charge in [0.05, 0.1) is 11.6 Å². The molecule has 2 aromatic carbocycles. The van der Waals surface area contributed by atoms with Gasteiger partial charge in [-0.2, -0.15) is 0 Å². The molecule has 0 unspecified atom stereocenters. The highest BCUT2D eigenvalue weighted by molar-refractivity contribution is 9.10. The monoisotopic (exact) mass is 413 g/mol. The van der Waals surface area contributed by atoms with Crippen molar-refractivity contribution < 1.29 is 9.47 Å². The van der Waals surface area contributed by atoms with Crippen molar-refractivity contribution in [2.75, 3.05) is 14.2 Å². The van der Waals surface area contributed by atoms with Crippen LogP contribution < -0.4 is 14.8 Å². The minimum absolute atomic E-state index is 0.517. The molecule has 0 fully saturated rings. The highest BCUT2D eigenvalue weighted by Crippen LogP contribution is 2.27. The van der Waals surface area contributed by atoms with E-state index in [1.807, 2.05) is 43.4 Å². The van der Waals surface area contributed by atoms with Crippen molar-refractivity contribution in [1.29, 1.82) is 0 Å². The van der Waals surface area contributed by atoms with Crippen LogP contribution in [0.5, 0.6) is 11.5 Å². The lowest BCUT2D eigenvalue weighted by Gasteiger charge is -2.11. The average Bonchev–Trinajstić information content (AvgIpc) is 2.48. The molecule has 1 N–H and O–H groups in total. The molecular formula is C16H17Br2NO2. The second-order valence-corrected chi connectivity index (χ2v) is 6.25. The highest BCUT2D eigenvalue weighted by atomic mass is 79.9. The van der Waals surface area contributed by atoms with Crippen molar-refractivity contribution in [1.82, 2.24) is 5.32 Å². The minimum atomic E-state index is 0.517. The largest absolute Gasteiger partial charge is 0.496 e. The Hall–Kier alpha value is -1.04. The smallest absolute Gasteiger partial charge is 0.133 e. The maximum Gasteiger partial charge on any atom is 0.133 e. The maximum absolute atomic E-state index is 5.85. The van der Waals surface area contributed by atoms with Gasteiger partial charge in [0.1, 0.15) is 18.1 Å². The minimum Gasteiger partial charge on any atom is -0.496 e. The maximum atomic E-state index is 5.85. The van der Waals surface area contributed by atoms with Gasteiger partial charge in [0.2, 0.25) is 0 Å². The predicted molar refractivity (Wildman–Crippen MR) is 91.9 cm³/mol. The van der Waals surface area contributed by atoms with E-state index in [0.717, 1.165) is 32.6 Å². The Labute approximate surface area is 141 Å². The van der Waals surface area contributed by atoms with Crippen LogP contribution in [-0.2, 0) is 13.2 Å². The summed E-state index contributed by atoms with van der Waals surface area (Å²) >= 11 is 7.02. The standard InChI is InChI=1S/C16H17Br2NO2/c1-19-9-12-8-13(4-5-14(12)17)21-10-11-3-6-16(20-2)15(18)7-11/h3-8,19H,9-10H2,1-2H3. The van der Waals surface area contributed by atoms with Gasteiger partial charge in [0, 0.05) is 11.0 Å². The van der Waals surface area contributed by atoms with Gasteiger partial charge >= 0.3 is 0 Å². The number of hydrogen-bond donors (Lipinski definition) is 1. The molecule has 0 saturated heterocycles. The Morgan fingerprint density at radius 1 is 1.05 bits per heavy atom. The third-order valence-corrected chi connectivity index (χ3v) is 4.40. The van der Waals surface area contributed by atoms with E-state index in [1.165, 1.54) is 5.56 Å². The predicted octanol–water partition coefficient (Wildman–Crippen LogP) is 4.52. The lowest BCUT2D eigenvalue weighted by atomic mass is 10.2. The summed E-state index contributed by atoms with van der Waals surface area (Å²) in [5.41, 5.74) is 2.26. The fourth-order valence-corrected chi connectivity index (χ4v) is 2.91. The zero-order valence-electron chi connectivity index (χ0n) is 12.0. The number of nitrogens with one attached hydrogen (secondary N) is 1. The van der Waals surface area contributed by atoms with Crippen LogP contribution in [0.4, 0.5) is 0 Å². The van der Waals surface area contributed by atoms with Crippen LogP contribution in [0, 0.1) is 0 Å². The summed E-state index contributed by atoms with van der Waals surface area (Å²) in [7, 11) is 3.58. The Kier molecular flexibility index (Phi) is 6.08. The van der Waals surface area contributed by atoms with Crippen LogP contribution >= 0.6 is 31.9 Å². The van der Waals surface area contributed by atoms with E-state index < -0.39 is 0 Å². The summed E-state index contributed by atoms with van der Waals surface area (Å²) in [6.07, 6.45) is 0. The topological polar surface area (TPSA) is 30.5 Å². The van der Waals surface area contributed by atoms with E-state index in [4.69, 9.17) is 9.47 Å². The van der Waals surface area contributed by atoms with E-state index in [9.17, 15) is 0 Å². The van der Waals surface area contributed by atoms with Crippen molar-refractivity contribution in [2.45, 2.75) is 13.2 Å². The van der Waals surface area contributed by atoms with Crippen LogP contribution in [0.25, 0.3) is 0 Å². The molecule has 0 radical (unpaired) electrons. The van der Waals surface area contributed by atoms with Crippen molar-refractivity contribution >= 4 is 31.9 Å². The second-order valence-electron chi connectivity index (χ2n) is 4.54. The molecule has 0 saturated carbocycles. The van der Waals surface area contributed by atoms with E-state index in [-0.39, 0.29) is 0 Å².